The lowest BCUT2D eigenvalue weighted by Crippen LogP contribution is -2.36. The van der Waals surface area contributed by atoms with Crippen LogP contribution in [0.4, 0.5) is 92.6 Å². The number of hydrogen-bond donors (Lipinski definition) is 18. The molecule has 0 atom stereocenters. The summed E-state index contributed by atoms with van der Waals surface area (Å²) in [5, 5.41) is 22.0. The molecule has 144 heavy (non-hydrogen) atoms. The van der Waals surface area contributed by atoms with Crippen molar-refractivity contribution in [1.82, 2.24) is 47.1 Å². The molecule has 62 heteroatoms. The van der Waals surface area contributed by atoms with E-state index in [-0.39, 0.29) is 34.1 Å². The summed E-state index contributed by atoms with van der Waals surface area (Å²) in [7, 11) is -40.9. The smallest absolute Gasteiger partial charge is 0.295 e. The van der Waals surface area contributed by atoms with Crippen LogP contribution in [0.15, 0.2) is 185 Å². The number of hydrogen-bond acceptors (Lipinski definition) is 40. The fourth-order valence-electron chi connectivity index (χ4n) is 13.5. The van der Waals surface area contributed by atoms with Crippen molar-refractivity contribution in [1.29, 1.82) is 0 Å². The number of nitrogens with two attached hydrogens (primary N) is 8. The number of sulfonamides is 4. The highest BCUT2D eigenvalue weighted by atomic mass is 32.2. The van der Waals surface area contributed by atoms with Gasteiger partial charge < -0.3 is 97.5 Å². The van der Waals surface area contributed by atoms with Gasteiger partial charge in [0.1, 0.15) is 30.0 Å². The molecule has 10 rings (SSSR count). The quantitative estimate of drug-likeness (QED) is 0.0243. The lowest BCUT2D eigenvalue weighted by molar-refractivity contribution is -0.119. The summed E-state index contributed by atoms with van der Waals surface area (Å²) >= 11 is 0. The highest BCUT2D eigenvalue weighted by Gasteiger charge is 2.34. The van der Waals surface area contributed by atoms with Crippen molar-refractivity contribution in [2.24, 2.45) is 45.9 Å². The van der Waals surface area contributed by atoms with E-state index in [1.165, 1.54) is 76.2 Å². The van der Waals surface area contributed by atoms with Crippen LogP contribution in [0.1, 0.15) is 73.6 Å². The third-order valence-electron chi connectivity index (χ3n) is 20.9. The summed E-state index contributed by atoms with van der Waals surface area (Å²) in [5.41, 5.74) is 39.7. The molecule has 2 aromatic heterocycles. The number of nitrogens with one attached hydrogen (secondary N) is 8. The number of nitrogens with zero attached hydrogens (tertiary/aromatic N) is 10. The number of rotatable bonds is 53. The van der Waals surface area contributed by atoms with Crippen LogP contribution in [0.3, 0.4) is 0 Å². The van der Waals surface area contributed by atoms with E-state index in [9.17, 15) is 124 Å². The Morgan fingerprint density at radius 3 is 0.639 bits per heavy atom. The van der Waals surface area contributed by atoms with Gasteiger partial charge in [-0.2, -0.15) is 64.0 Å². The molecule has 0 spiro atoms. The van der Waals surface area contributed by atoms with Crippen LogP contribution in [0.5, 0.6) is 0 Å². The molecule has 2 heterocycles. The van der Waals surface area contributed by atoms with Crippen molar-refractivity contribution in [3.8, 4) is 11.1 Å². The van der Waals surface area contributed by atoms with Gasteiger partial charge in [0, 0.05) is 160 Å². The lowest BCUT2D eigenvalue weighted by atomic mass is 10.0. The molecule has 10 aromatic rings. The number of carbonyl (C=O) groups is 8. The van der Waals surface area contributed by atoms with Crippen molar-refractivity contribution >= 4 is 220 Å². The summed E-state index contributed by atoms with van der Waals surface area (Å²) < 4.78 is 273. The van der Waals surface area contributed by atoms with Crippen molar-refractivity contribution in [2.75, 3.05) is 94.9 Å². The van der Waals surface area contributed by atoms with Crippen LogP contribution < -0.4 is 88.4 Å². The molecular weight excluding hydrogens is 2050 g/mol. The Labute approximate surface area is 823 Å². The maximum Gasteiger partial charge on any atom is 0.295 e. The van der Waals surface area contributed by atoms with Crippen molar-refractivity contribution in [2.45, 2.75) is 118 Å². The monoisotopic (exact) mass is 2150 g/mol. The maximum absolute atomic E-state index is 14.2. The van der Waals surface area contributed by atoms with E-state index in [0.717, 1.165) is 102 Å². The molecule has 26 N–H and O–H groups in total. The molecule has 0 fully saturated rings. The van der Waals surface area contributed by atoms with E-state index in [4.69, 9.17) is 45.9 Å². The van der Waals surface area contributed by atoms with Gasteiger partial charge in [0.2, 0.25) is 123 Å². The maximum atomic E-state index is 14.2. The molecule has 8 amide bonds. The van der Waals surface area contributed by atoms with Gasteiger partial charge in [0.15, 0.2) is 0 Å². The number of amides is 8. The zero-order valence-corrected chi connectivity index (χ0v) is 82.6. The fourth-order valence-corrected chi connectivity index (χ4v) is 22.2. The average molecular weight is 2150 g/mol. The number of carbonyl (C=O) groups excluding carboxylic acids is 8. The number of aromatic nitrogens is 6. The Balaban J connectivity index is 0.985. The van der Waals surface area contributed by atoms with Gasteiger partial charge in [-0.3, -0.25) is 47.5 Å². The summed E-state index contributed by atoms with van der Waals surface area (Å²) in [6.45, 7) is 2.28. The van der Waals surface area contributed by atoms with Gasteiger partial charge in [-0.15, -0.1) is 0 Å². The van der Waals surface area contributed by atoms with Gasteiger partial charge in [-0.05, 0) is 159 Å². The molecule has 0 aliphatic heterocycles. The van der Waals surface area contributed by atoms with Gasteiger partial charge in [0.05, 0.1) is 40.7 Å². The molecule has 0 aliphatic carbocycles. The predicted octanol–water partition coefficient (Wildman–Crippen LogP) is 2.17. The Kier molecular flexibility index (Phi) is 35.2. The Morgan fingerprint density at radius 1 is 0.257 bits per heavy atom. The Morgan fingerprint density at radius 2 is 0.444 bits per heavy atom. The molecule has 0 saturated carbocycles. The number of anilines is 16. The lowest BCUT2D eigenvalue weighted by Gasteiger charge is -2.22. The first kappa shape index (κ1) is 111. The van der Waals surface area contributed by atoms with E-state index < -0.39 is 340 Å². The molecule has 770 valence electrons. The first-order chi connectivity index (χ1) is 67.0. The molecule has 0 aliphatic rings. The van der Waals surface area contributed by atoms with Crippen molar-refractivity contribution in [3.63, 3.8) is 0 Å². The van der Waals surface area contributed by atoms with E-state index in [1.54, 1.807) is 0 Å². The SMILES string of the molecule is Cc1ccc(S(=O)(=O)N(CCC(N)=O)CCC(N)=O)cc1Nc1nc(Nc2ccc(Nc3ccc(-c4ccc(Nc5ccc(Nc6nc(Nc7cc(S(=O)(=O)N(CCC(N)=O)CCC(N)=O)ccc7C)nc(Nc7cc(S(=O)(=O)N(CCC(N)=O)CCC(N)=O)ccc7C)n6)cc5S(=O)(=O)[O-])cc4S(=O)(=O)O)c(S(=O)(=O)O)c3)c(S(=O)(=O)[O-])c2)nc(Nc2cc(S(=O)(=O)N(CCC(N)=O)CCC(N)=O)ccc2C)n1. The van der Waals surface area contributed by atoms with E-state index >= 15 is 0 Å². The second kappa shape index (κ2) is 45.6. The minimum atomic E-state index is -5.68. The van der Waals surface area contributed by atoms with Crippen LogP contribution in [-0.4, -0.2) is 232 Å². The zero-order chi connectivity index (χ0) is 106. The Hall–Kier alpha value is -14.8. The van der Waals surface area contributed by atoms with Crippen LogP contribution in [0.2, 0.25) is 0 Å². The van der Waals surface area contributed by atoms with Gasteiger partial charge in [-0.1, -0.05) is 36.4 Å². The minimum Gasteiger partial charge on any atom is -0.744 e. The largest absolute Gasteiger partial charge is 0.744 e. The summed E-state index contributed by atoms with van der Waals surface area (Å²) in [6.07, 6.45) is -3.75. The summed E-state index contributed by atoms with van der Waals surface area (Å²) in [5.74, 6) is -9.94. The standard InChI is InChI=1S/C82H96N26O28S8/c1-45-5-13-53(137(117,118)105(29-21-69(83)109)30-22-70(84)110)41-61(45)95-79-99-77(100-80(103-79)96-62-42-54(14-6-46(62)2)138(119,120)106(31-23-71(85)111)32-24-72(86)112)93-51-11-19-59(67(39-51)143(131,132)133)91-49-9-17-57(65(37-49)141(125,126)127)58-18-10-50(38-66(58)142(128,129)130)92-60-20-12-52(40-68(60)144(134,135)136)94-78-101-81(97-63-43-55(15-7-47(63)3)139(121,122)107(33-25-73(87)113)34-26-74(88)114)104-82(102-78)98-64-44-56(16-8-48(64)4)140(123,124)108(35-27-75(89)115)36-28-76(90)116/h5-20,37-44,91-92H,21-36H2,1-4H3,(H2,83,109)(H2,84,110)(H2,85,111)(H2,86,112)(H2,87,113)(H2,88,114)(H2,89,115)(H2,90,116)(H,125,126,127)(H,128,129,130)(H,131,132,133)(H,134,135,136)(H3,93,95,96,99,100,103)(H3,94,97,98,101,102,104)/p-2. The third kappa shape index (κ3) is 29.7. The first-order valence-electron chi connectivity index (χ1n) is 41.9. The van der Waals surface area contributed by atoms with Gasteiger partial charge in [0.25, 0.3) is 20.2 Å². The first-order valence-corrected chi connectivity index (χ1v) is 53.3. The highest BCUT2D eigenvalue weighted by Crippen LogP contribution is 2.41. The molecule has 0 saturated heterocycles. The van der Waals surface area contributed by atoms with Crippen molar-refractivity contribution in [3.05, 3.63) is 168 Å². The van der Waals surface area contributed by atoms with Crippen LogP contribution in [0.25, 0.3) is 11.1 Å². The Bertz CT molecular complexity index is 6970. The molecular formula is C82H94N26O28S8-2. The van der Waals surface area contributed by atoms with Crippen molar-refractivity contribution < 1.29 is 124 Å². The molecule has 0 unspecified atom stereocenters. The number of benzene rings is 8. The summed E-state index contributed by atoms with van der Waals surface area (Å²) in [4.78, 5) is 115. The second-order valence-corrected chi connectivity index (χ2v) is 44.8. The number of primary amides is 8. The molecule has 0 radical (unpaired) electrons. The normalized spacial score (nSPS) is 12.2. The molecule has 8 aromatic carbocycles. The third-order valence-corrected chi connectivity index (χ3v) is 32.0. The van der Waals surface area contributed by atoms with E-state index in [1.807, 2.05) is 0 Å². The van der Waals surface area contributed by atoms with Crippen LogP contribution in [-0.2, 0) is 119 Å². The van der Waals surface area contributed by atoms with Crippen LogP contribution >= 0.6 is 0 Å². The number of aryl methyl sites for hydroxylation is 4. The van der Waals surface area contributed by atoms with Gasteiger partial charge >= 0.3 is 0 Å². The fraction of sp³-hybridized carbons (Fsp3) is 0.244. The topological polar surface area (TPSA) is 891 Å². The summed E-state index contributed by atoms with van der Waals surface area (Å²) in [6, 6.07) is 25.3. The zero-order valence-electron chi connectivity index (χ0n) is 76.0. The van der Waals surface area contributed by atoms with Gasteiger partial charge in [-0.25, -0.2) is 50.5 Å². The second-order valence-electron chi connectivity index (χ2n) is 31.6. The van der Waals surface area contributed by atoms with E-state index in [2.05, 4.69) is 72.4 Å². The average Bonchev–Trinajstić information content (AvgIpc) is 0.757. The van der Waals surface area contributed by atoms with Crippen LogP contribution in [0, 0.1) is 27.7 Å². The predicted molar refractivity (Wildman–Crippen MR) is 516 cm³/mol. The molecule has 0 bridgehead atoms. The highest BCUT2D eigenvalue weighted by molar-refractivity contribution is 7.90. The van der Waals surface area contributed by atoms with E-state index in [0.29, 0.717) is 34.4 Å². The minimum absolute atomic E-state index is 0.0292. The molecule has 54 nitrogen and oxygen atoms in total.